The molecule has 0 saturated heterocycles. The number of rotatable bonds is 1. The highest BCUT2D eigenvalue weighted by molar-refractivity contribution is 7.93. The largest absolute Gasteiger partial charge is 0.516 e. The quantitative estimate of drug-likeness (QED) is 0.798. The number of fused-ring (bicyclic) bond motifs is 3. The van der Waals surface area contributed by atoms with E-state index in [0.29, 0.717) is 9.87 Å². The molecule has 1 heterocycles. The Hall–Kier alpha value is -1.24. The fraction of sp³-hybridized carbons (Fsp3) is 0.500. The lowest BCUT2D eigenvalue weighted by Crippen LogP contribution is -2.45. The molecule has 7 heteroatoms. The molecular weight excluding hydrogens is 279 g/mol. The second kappa shape index (κ2) is 3.45. The Morgan fingerprint density at radius 1 is 1.32 bits per heavy atom. The molecule has 1 aliphatic heterocycles. The van der Waals surface area contributed by atoms with Crippen molar-refractivity contribution in [2.45, 2.75) is 24.8 Å². The van der Waals surface area contributed by atoms with Gasteiger partial charge in [0.25, 0.3) is 0 Å². The van der Waals surface area contributed by atoms with E-state index < -0.39 is 15.5 Å². The van der Waals surface area contributed by atoms with E-state index in [1.54, 1.807) is 18.2 Å². The highest BCUT2D eigenvalue weighted by Gasteiger charge is 2.61. The summed E-state index contributed by atoms with van der Waals surface area (Å²) >= 11 is 0. The minimum absolute atomic E-state index is 0.101. The second-order valence-corrected chi connectivity index (χ2v) is 7.28. The van der Waals surface area contributed by atoms with Gasteiger partial charge >= 0.3 is 15.5 Å². The van der Waals surface area contributed by atoms with E-state index >= 15 is 0 Å². The zero-order chi connectivity index (χ0) is 14.1. The summed E-state index contributed by atoms with van der Waals surface area (Å²) in [6, 6.07) is 6.43. The lowest BCUT2D eigenvalue weighted by Gasteiger charge is -2.33. The number of sulfonamides is 1. The first-order chi connectivity index (χ1) is 8.67. The van der Waals surface area contributed by atoms with Crippen molar-refractivity contribution in [3.05, 3.63) is 29.8 Å². The summed E-state index contributed by atoms with van der Waals surface area (Å²) in [6.45, 7) is 1.73. The van der Waals surface area contributed by atoms with Crippen LogP contribution in [0.15, 0.2) is 24.3 Å². The topological polar surface area (TPSA) is 37.4 Å². The number of alkyl halides is 3. The van der Waals surface area contributed by atoms with Gasteiger partial charge in [-0.2, -0.15) is 21.6 Å². The molecule has 3 rings (SSSR count). The first-order valence-electron chi connectivity index (χ1n) is 5.85. The van der Waals surface area contributed by atoms with E-state index in [4.69, 9.17) is 0 Å². The predicted octanol–water partition coefficient (Wildman–Crippen LogP) is 2.85. The monoisotopic (exact) mass is 291 g/mol. The van der Waals surface area contributed by atoms with Gasteiger partial charge in [-0.05, 0) is 29.4 Å². The molecule has 1 aromatic carbocycles. The molecule has 1 fully saturated rings. The summed E-state index contributed by atoms with van der Waals surface area (Å²) in [7, 11) is -5.32. The first kappa shape index (κ1) is 12.8. The zero-order valence-corrected chi connectivity index (χ0v) is 10.9. The van der Waals surface area contributed by atoms with Crippen molar-refractivity contribution in [2.75, 3.05) is 10.8 Å². The minimum atomic E-state index is -5.32. The number of hydrogen-bond acceptors (Lipinski definition) is 2. The number of anilines is 1. The van der Waals surface area contributed by atoms with Gasteiger partial charge in [0.1, 0.15) is 0 Å². The number of hydrogen-bond donors (Lipinski definition) is 0. The fourth-order valence-electron chi connectivity index (χ4n) is 2.83. The molecule has 2 aliphatic rings. The van der Waals surface area contributed by atoms with Crippen LogP contribution >= 0.6 is 0 Å². The van der Waals surface area contributed by atoms with Gasteiger partial charge in [-0.25, -0.2) is 0 Å². The summed E-state index contributed by atoms with van der Waals surface area (Å²) < 4.78 is 62.1. The smallest absolute Gasteiger partial charge is 0.262 e. The summed E-state index contributed by atoms with van der Waals surface area (Å²) in [4.78, 5) is 0. The van der Waals surface area contributed by atoms with Crippen LogP contribution in [0.3, 0.4) is 0 Å². The van der Waals surface area contributed by atoms with Crippen molar-refractivity contribution >= 4 is 15.7 Å². The number of para-hydroxylation sites is 1. The van der Waals surface area contributed by atoms with Crippen LogP contribution in [0.5, 0.6) is 0 Å². The third kappa shape index (κ3) is 1.67. The maximum absolute atomic E-state index is 12.7. The molecular formula is C12H12F3NO2S. The van der Waals surface area contributed by atoms with Gasteiger partial charge in [-0.3, -0.25) is 4.31 Å². The maximum Gasteiger partial charge on any atom is 0.516 e. The summed E-state index contributed by atoms with van der Waals surface area (Å²) in [6.07, 6.45) is 0.730. The average Bonchev–Trinajstić information content (AvgIpc) is 2.99. The van der Waals surface area contributed by atoms with E-state index in [-0.39, 0.29) is 23.6 Å². The fourth-order valence-corrected chi connectivity index (χ4v) is 3.97. The molecule has 0 N–H and O–H groups in total. The Morgan fingerprint density at radius 3 is 2.58 bits per heavy atom. The highest BCUT2D eigenvalue weighted by Crippen LogP contribution is 2.64. The van der Waals surface area contributed by atoms with Gasteiger partial charge in [0.05, 0.1) is 5.69 Å². The van der Waals surface area contributed by atoms with Crippen molar-refractivity contribution in [1.82, 2.24) is 0 Å². The summed E-state index contributed by atoms with van der Waals surface area (Å²) in [5.41, 5.74) is -4.77. The normalized spacial score (nSPS) is 29.7. The first-order valence-corrected chi connectivity index (χ1v) is 7.29. The Labute approximate surface area is 109 Å². The van der Waals surface area contributed by atoms with Crippen molar-refractivity contribution < 1.29 is 21.6 Å². The van der Waals surface area contributed by atoms with E-state index in [1.807, 2.05) is 6.92 Å². The second-order valence-electron chi connectivity index (χ2n) is 5.43. The van der Waals surface area contributed by atoms with Crippen molar-refractivity contribution in [3.63, 3.8) is 0 Å². The molecule has 0 amide bonds. The predicted molar refractivity (Wildman–Crippen MR) is 64.2 cm³/mol. The van der Waals surface area contributed by atoms with Gasteiger partial charge in [-0.1, -0.05) is 25.1 Å². The highest BCUT2D eigenvalue weighted by atomic mass is 32.2. The standard InChI is InChI=1S/C12H12F3NO2S/c1-11-6-9(11)8-4-2-3-5-10(8)16(7-11)19(17,18)12(13,14)15/h2-5,9H,6-7H2,1H3/t9-,11+/m1/s1. The molecule has 2 atom stereocenters. The lowest BCUT2D eigenvalue weighted by molar-refractivity contribution is -0.0439. The van der Waals surface area contributed by atoms with Crippen LogP contribution in [0.2, 0.25) is 0 Å². The molecule has 0 aromatic heterocycles. The molecule has 1 saturated carbocycles. The number of halogens is 3. The number of benzene rings is 1. The van der Waals surface area contributed by atoms with Crippen LogP contribution in [0, 0.1) is 5.41 Å². The van der Waals surface area contributed by atoms with E-state index in [1.165, 1.54) is 6.07 Å². The van der Waals surface area contributed by atoms with Crippen LogP contribution in [0.4, 0.5) is 18.9 Å². The lowest BCUT2D eigenvalue weighted by atomic mass is 9.96. The third-order valence-corrected chi connectivity index (χ3v) is 5.51. The van der Waals surface area contributed by atoms with Crippen LogP contribution in [-0.2, 0) is 10.0 Å². The van der Waals surface area contributed by atoms with Crippen molar-refractivity contribution in [3.8, 4) is 0 Å². The number of nitrogens with zero attached hydrogens (tertiary/aromatic N) is 1. The Balaban J connectivity index is 2.15. The van der Waals surface area contributed by atoms with E-state index in [9.17, 15) is 21.6 Å². The van der Waals surface area contributed by atoms with Crippen LogP contribution < -0.4 is 4.31 Å². The van der Waals surface area contributed by atoms with Gasteiger partial charge in [-0.15, -0.1) is 0 Å². The van der Waals surface area contributed by atoms with Gasteiger partial charge in [0.2, 0.25) is 0 Å². The summed E-state index contributed by atoms with van der Waals surface area (Å²) in [5, 5.41) is 0. The molecule has 0 bridgehead atoms. The molecule has 3 nitrogen and oxygen atoms in total. The van der Waals surface area contributed by atoms with Gasteiger partial charge in [0, 0.05) is 6.54 Å². The van der Waals surface area contributed by atoms with Crippen LogP contribution in [-0.4, -0.2) is 20.5 Å². The molecule has 1 aromatic rings. The Bertz CT molecular complexity index is 641. The van der Waals surface area contributed by atoms with Gasteiger partial charge in [0.15, 0.2) is 0 Å². The molecule has 0 unspecified atom stereocenters. The van der Waals surface area contributed by atoms with E-state index in [0.717, 1.165) is 6.42 Å². The summed E-state index contributed by atoms with van der Waals surface area (Å²) in [5.74, 6) is 0.170. The van der Waals surface area contributed by atoms with Crippen molar-refractivity contribution in [2.24, 2.45) is 5.41 Å². The Kier molecular flexibility index (Phi) is 2.32. The van der Waals surface area contributed by atoms with Crippen LogP contribution in [0.25, 0.3) is 0 Å². The van der Waals surface area contributed by atoms with E-state index in [2.05, 4.69) is 0 Å². The molecule has 0 spiro atoms. The third-order valence-electron chi connectivity index (χ3n) is 4.02. The average molecular weight is 291 g/mol. The molecule has 19 heavy (non-hydrogen) atoms. The van der Waals surface area contributed by atoms with Gasteiger partial charge < -0.3 is 0 Å². The SMILES string of the molecule is C[C@@]12C[C@@H]1c1ccccc1N(S(=O)(=O)C(F)(F)F)C2. The van der Waals surface area contributed by atoms with Crippen LogP contribution in [0.1, 0.15) is 24.8 Å². The Morgan fingerprint density at radius 2 is 1.95 bits per heavy atom. The minimum Gasteiger partial charge on any atom is -0.262 e. The van der Waals surface area contributed by atoms with Crippen molar-refractivity contribution in [1.29, 1.82) is 0 Å². The maximum atomic E-state index is 12.7. The molecule has 0 radical (unpaired) electrons. The zero-order valence-electron chi connectivity index (χ0n) is 10.1. The molecule has 104 valence electrons. The molecule has 1 aliphatic carbocycles.